The average molecular weight is 204 g/mol. The summed E-state index contributed by atoms with van der Waals surface area (Å²) in [6, 6.07) is 0. The van der Waals surface area contributed by atoms with Crippen LogP contribution in [0.25, 0.3) is 0 Å². The van der Waals surface area contributed by atoms with Crippen LogP contribution in [0.5, 0.6) is 0 Å². The lowest BCUT2D eigenvalue weighted by Gasteiger charge is -2.23. The SMILES string of the molecule is CCO.O=C(O)CC1CCCB(O)O1. The monoisotopic (exact) mass is 204 g/mol. The number of aliphatic carboxylic acids is 1. The predicted octanol–water partition coefficient (Wildman–Crippen LogP) is 0.119. The zero-order valence-corrected chi connectivity index (χ0v) is 8.35. The van der Waals surface area contributed by atoms with Crippen LogP contribution in [-0.2, 0) is 9.45 Å². The number of hydrogen-bond donors (Lipinski definition) is 3. The van der Waals surface area contributed by atoms with E-state index in [-0.39, 0.29) is 19.1 Å². The van der Waals surface area contributed by atoms with E-state index < -0.39 is 13.1 Å². The first kappa shape index (κ1) is 13.4. The van der Waals surface area contributed by atoms with Crippen LogP contribution in [0.2, 0.25) is 6.32 Å². The minimum atomic E-state index is -0.871. The maximum atomic E-state index is 10.2. The number of aliphatic hydroxyl groups is 1. The highest BCUT2D eigenvalue weighted by Crippen LogP contribution is 2.18. The van der Waals surface area contributed by atoms with Gasteiger partial charge in [0.1, 0.15) is 0 Å². The van der Waals surface area contributed by atoms with Gasteiger partial charge in [-0.05, 0) is 19.7 Å². The van der Waals surface area contributed by atoms with Crippen molar-refractivity contribution in [2.75, 3.05) is 6.61 Å². The molecule has 0 aromatic heterocycles. The second-order valence-electron chi connectivity index (χ2n) is 3.06. The second kappa shape index (κ2) is 7.79. The van der Waals surface area contributed by atoms with Crippen LogP contribution in [0.4, 0.5) is 0 Å². The highest BCUT2D eigenvalue weighted by Gasteiger charge is 2.26. The fourth-order valence-electron chi connectivity index (χ4n) is 1.22. The van der Waals surface area contributed by atoms with E-state index in [4.69, 9.17) is 19.9 Å². The topological polar surface area (TPSA) is 87.0 Å². The summed E-state index contributed by atoms with van der Waals surface area (Å²) in [5, 5.41) is 24.9. The molecule has 0 aromatic rings. The quantitative estimate of drug-likeness (QED) is 0.556. The Morgan fingerprint density at radius 2 is 2.21 bits per heavy atom. The summed E-state index contributed by atoms with van der Waals surface area (Å²) in [6.45, 7) is 1.93. The molecule has 1 unspecified atom stereocenters. The minimum absolute atomic E-state index is 0.00292. The maximum Gasteiger partial charge on any atom is 0.454 e. The predicted molar refractivity (Wildman–Crippen MR) is 51.9 cm³/mol. The van der Waals surface area contributed by atoms with Gasteiger partial charge in [-0.25, -0.2) is 0 Å². The molecule has 1 fully saturated rings. The van der Waals surface area contributed by atoms with Gasteiger partial charge >= 0.3 is 13.1 Å². The average Bonchev–Trinajstić information content (AvgIpc) is 2.03. The van der Waals surface area contributed by atoms with Crippen molar-refractivity contribution in [2.24, 2.45) is 0 Å². The van der Waals surface area contributed by atoms with Crippen molar-refractivity contribution in [1.29, 1.82) is 0 Å². The second-order valence-corrected chi connectivity index (χ2v) is 3.06. The Hall–Kier alpha value is -0.585. The molecule has 82 valence electrons. The van der Waals surface area contributed by atoms with Crippen molar-refractivity contribution >= 4 is 13.1 Å². The van der Waals surface area contributed by atoms with Gasteiger partial charge in [-0.3, -0.25) is 4.79 Å². The summed E-state index contributed by atoms with van der Waals surface area (Å²) in [4.78, 5) is 10.2. The van der Waals surface area contributed by atoms with E-state index in [1.54, 1.807) is 6.92 Å². The molecule has 0 aliphatic carbocycles. The lowest BCUT2D eigenvalue weighted by molar-refractivity contribution is -0.139. The molecule has 1 atom stereocenters. The van der Waals surface area contributed by atoms with Crippen molar-refractivity contribution in [2.45, 2.75) is 38.6 Å². The first-order chi connectivity index (χ1) is 6.60. The molecule has 3 N–H and O–H groups in total. The highest BCUT2D eigenvalue weighted by atomic mass is 16.5. The molecule has 14 heavy (non-hydrogen) atoms. The van der Waals surface area contributed by atoms with Gasteiger partial charge in [0.05, 0.1) is 12.5 Å². The number of carboxylic acid groups (broad SMARTS) is 1. The third-order valence-corrected chi connectivity index (χ3v) is 1.73. The lowest BCUT2D eigenvalue weighted by Crippen LogP contribution is -2.32. The highest BCUT2D eigenvalue weighted by molar-refractivity contribution is 6.42. The van der Waals surface area contributed by atoms with E-state index in [1.807, 2.05) is 0 Å². The Labute approximate surface area is 83.8 Å². The van der Waals surface area contributed by atoms with E-state index in [2.05, 4.69) is 0 Å². The third kappa shape index (κ3) is 6.88. The molecule has 5 nitrogen and oxygen atoms in total. The summed E-state index contributed by atoms with van der Waals surface area (Å²) in [7, 11) is -0.756. The normalized spacial score (nSPS) is 21.1. The molecule has 1 saturated heterocycles. The number of aliphatic hydroxyl groups excluding tert-OH is 1. The Kier molecular flexibility index (Phi) is 7.46. The van der Waals surface area contributed by atoms with E-state index in [0.717, 1.165) is 12.8 Å². The number of hydrogen-bond acceptors (Lipinski definition) is 4. The largest absolute Gasteiger partial charge is 0.481 e. The molecular formula is C8H17BO5. The van der Waals surface area contributed by atoms with Crippen LogP contribution in [-0.4, -0.2) is 41.0 Å². The zero-order chi connectivity index (χ0) is 11.0. The summed E-state index contributed by atoms with van der Waals surface area (Å²) in [5.41, 5.74) is 0. The van der Waals surface area contributed by atoms with Crippen molar-refractivity contribution in [3.63, 3.8) is 0 Å². The van der Waals surface area contributed by atoms with Gasteiger partial charge in [-0.2, -0.15) is 0 Å². The molecule has 6 heteroatoms. The number of carboxylic acids is 1. The first-order valence-corrected chi connectivity index (χ1v) is 4.76. The Morgan fingerprint density at radius 1 is 1.64 bits per heavy atom. The van der Waals surface area contributed by atoms with Gasteiger partial charge in [0.25, 0.3) is 0 Å². The number of rotatable bonds is 2. The van der Waals surface area contributed by atoms with Crippen LogP contribution in [0.1, 0.15) is 26.2 Å². The van der Waals surface area contributed by atoms with E-state index >= 15 is 0 Å². The molecule has 1 rings (SSSR count). The standard InChI is InChI=1S/C6H11BO4.C2H6O/c8-6(9)4-5-2-1-3-7(10)11-5;1-2-3/h5,10H,1-4H2,(H,8,9);3H,2H2,1H3. The summed E-state index contributed by atoms with van der Waals surface area (Å²) in [5.74, 6) is -0.871. The van der Waals surface area contributed by atoms with Crippen molar-refractivity contribution in [3.05, 3.63) is 0 Å². The van der Waals surface area contributed by atoms with Gasteiger partial charge in [-0.15, -0.1) is 0 Å². The van der Waals surface area contributed by atoms with E-state index in [0.29, 0.717) is 6.32 Å². The van der Waals surface area contributed by atoms with Crippen LogP contribution in [0.3, 0.4) is 0 Å². The molecule has 1 heterocycles. The molecule has 0 bridgehead atoms. The lowest BCUT2D eigenvalue weighted by atomic mass is 9.78. The summed E-state index contributed by atoms with van der Waals surface area (Å²) >= 11 is 0. The molecule has 1 aliphatic rings. The van der Waals surface area contributed by atoms with Gasteiger partial charge in [0, 0.05) is 6.61 Å². The first-order valence-electron chi connectivity index (χ1n) is 4.76. The van der Waals surface area contributed by atoms with Gasteiger partial charge in [-0.1, -0.05) is 6.42 Å². The Bertz CT molecular complexity index is 164. The van der Waals surface area contributed by atoms with Crippen LogP contribution in [0.15, 0.2) is 0 Å². The van der Waals surface area contributed by atoms with E-state index in [1.165, 1.54) is 0 Å². The summed E-state index contributed by atoms with van der Waals surface area (Å²) in [6.07, 6.45) is 1.91. The molecule has 0 spiro atoms. The molecule has 1 aliphatic heterocycles. The van der Waals surface area contributed by atoms with Crippen LogP contribution < -0.4 is 0 Å². The Balaban J connectivity index is 0.000000500. The van der Waals surface area contributed by atoms with Crippen molar-refractivity contribution < 1.29 is 24.7 Å². The molecule has 0 aromatic carbocycles. The molecule has 0 saturated carbocycles. The van der Waals surface area contributed by atoms with Crippen molar-refractivity contribution in [1.82, 2.24) is 0 Å². The molecule has 0 radical (unpaired) electrons. The van der Waals surface area contributed by atoms with Gasteiger partial charge in [0.15, 0.2) is 0 Å². The van der Waals surface area contributed by atoms with Crippen LogP contribution >= 0.6 is 0 Å². The van der Waals surface area contributed by atoms with Crippen LogP contribution in [0, 0.1) is 0 Å². The Morgan fingerprint density at radius 3 is 2.64 bits per heavy atom. The third-order valence-electron chi connectivity index (χ3n) is 1.73. The fourth-order valence-corrected chi connectivity index (χ4v) is 1.22. The van der Waals surface area contributed by atoms with Crippen molar-refractivity contribution in [3.8, 4) is 0 Å². The summed E-state index contributed by atoms with van der Waals surface area (Å²) < 4.78 is 4.97. The smallest absolute Gasteiger partial charge is 0.454 e. The number of carbonyl (C=O) groups is 1. The molecule has 0 amide bonds. The van der Waals surface area contributed by atoms with Gasteiger partial charge < -0.3 is 19.9 Å². The minimum Gasteiger partial charge on any atom is -0.481 e. The van der Waals surface area contributed by atoms with Gasteiger partial charge in [0.2, 0.25) is 0 Å². The zero-order valence-electron chi connectivity index (χ0n) is 8.35. The molecular weight excluding hydrogens is 187 g/mol. The fraction of sp³-hybridized carbons (Fsp3) is 0.875. The van der Waals surface area contributed by atoms with E-state index in [9.17, 15) is 4.79 Å². The maximum absolute atomic E-state index is 10.2.